The van der Waals surface area contributed by atoms with E-state index in [1.165, 1.54) is 10.6 Å². The summed E-state index contributed by atoms with van der Waals surface area (Å²) in [5.41, 5.74) is 8.21. The van der Waals surface area contributed by atoms with E-state index in [0.29, 0.717) is 16.7 Å². The number of aryl methyl sites for hydroxylation is 2. The first-order chi connectivity index (χ1) is 12.8. The molecule has 0 unspecified atom stereocenters. The molecule has 3 aromatic rings. The first-order valence-electron chi connectivity index (χ1n) is 8.43. The summed E-state index contributed by atoms with van der Waals surface area (Å²) in [6.45, 7) is 1.76. The lowest BCUT2D eigenvalue weighted by Crippen LogP contribution is -2.29. The molecule has 0 radical (unpaired) electrons. The number of aliphatic imine (C=N–C) groups is 1. The van der Waals surface area contributed by atoms with Crippen molar-refractivity contribution in [3.05, 3.63) is 103 Å². The molecule has 0 fully saturated rings. The summed E-state index contributed by atoms with van der Waals surface area (Å²) in [6, 6.07) is 14.4. The van der Waals surface area contributed by atoms with E-state index >= 15 is 0 Å². The molecular weight excluding hydrogens is 409 g/mol. The number of fused-ring (bicyclic) bond motifs is 1. The van der Waals surface area contributed by atoms with Gasteiger partial charge in [0, 0.05) is 34.4 Å². The number of hydrogen-bond donors (Lipinski definition) is 1. The predicted octanol–water partition coefficient (Wildman–Crippen LogP) is 3.61. The van der Waals surface area contributed by atoms with E-state index in [9.17, 15) is 9.18 Å². The van der Waals surface area contributed by atoms with Gasteiger partial charge in [-0.15, -0.1) is 0 Å². The van der Waals surface area contributed by atoms with Crippen LogP contribution in [-0.2, 0) is 12.6 Å². The summed E-state index contributed by atoms with van der Waals surface area (Å²) in [5, 5.41) is 0. The molecule has 2 N–H and O–H groups in total. The maximum Gasteiger partial charge on any atom is 0.253 e. The molecule has 0 saturated heterocycles. The van der Waals surface area contributed by atoms with Crippen LogP contribution in [0.2, 0.25) is 0 Å². The van der Waals surface area contributed by atoms with Crippen LogP contribution in [-0.4, -0.2) is 10.4 Å². The zero-order chi connectivity index (χ0) is 19.3. The quantitative estimate of drug-likeness (QED) is 0.681. The third kappa shape index (κ3) is 2.55. The van der Waals surface area contributed by atoms with Gasteiger partial charge in [0.15, 0.2) is 0 Å². The third-order valence-corrected chi connectivity index (χ3v) is 5.46. The second kappa shape index (κ2) is 6.16. The smallest absolute Gasteiger partial charge is 0.253 e. The molecule has 1 aliphatic rings. The second-order valence-electron chi connectivity index (χ2n) is 6.71. The summed E-state index contributed by atoms with van der Waals surface area (Å²) in [7, 11) is 1.70. The molecule has 136 valence electrons. The highest BCUT2D eigenvalue weighted by Gasteiger charge is 2.44. The van der Waals surface area contributed by atoms with Crippen molar-refractivity contribution in [1.29, 1.82) is 0 Å². The van der Waals surface area contributed by atoms with Crippen LogP contribution < -0.4 is 11.3 Å². The molecule has 2 aromatic carbocycles. The van der Waals surface area contributed by atoms with Gasteiger partial charge < -0.3 is 10.3 Å². The van der Waals surface area contributed by atoms with Crippen LogP contribution in [0.5, 0.6) is 0 Å². The molecule has 0 aliphatic carbocycles. The Bertz CT molecular complexity index is 1140. The Morgan fingerprint density at radius 2 is 1.89 bits per heavy atom. The lowest BCUT2D eigenvalue weighted by atomic mass is 9.78. The van der Waals surface area contributed by atoms with Gasteiger partial charge in [-0.2, -0.15) is 0 Å². The molecule has 0 amide bonds. The largest absolute Gasteiger partial charge is 0.383 e. The molecule has 4 rings (SSSR count). The number of halogens is 2. The number of nitrogens with zero attached hydrogens (tertiary/aromatic N) is 2. The highest BCUT2D eigenvalue weighted by molar-refractivity contribution is 9.10. The predicted molar refractivity (Wildman–Crippen MR) is 108 cm³/mol. The molecule has 6 heteroatoms. The van der Waals surface area contributed by atoms with E-state index in [-0.39, 0.29) is 11.4 Å². The lowest BCUT2D eigenvalue weighted by molar-refractivity contribution is 0.613. The van der Waals surface area contributed by atoms with E-state index < -0.39 is 11.4 Å². The van der Waals surface area contributed by atoms with Gasteiger partial charge in [-0.3, -0.25) is 4.79 Å². The average molecular weight is 426 g/mol. The van der Waals surface area contributed by atoms with Gasteiger partial charge in [-0.1, -0.05) is 40.2 Å². The van der Waals surface area contributed by atoms with Crippen LogP contribution in [0.25, 0.3) is 0 Å². The van der Waals surface area contributed by atoms with Crippen molar-refractivity contribution in [3.63, 3.8) is 0 Å². The van der Waals surface area contributed by atoms with E-state index in [2.05, 4.69) is 15.9 Å². The number of nitrogens with two attached hydrogens (primary N) is 1. The van der Waals surface area contributed by atoms with Crippen molar-refractivity contribution in [3.8, 4) is 0 Å². The molecule has 4 nitrogen and oxygen atoms in total. The minimum atomic E-state index is -1.03. The molecule has 0 bridgehead atoms. The van der Waals surface area contributed by atoms with Crippen molar-refractivity contribution in [2.24, 2.45) is 17.8 Å². The van der Waals surface area contributed by atoms with Gasteiger partial charge in [-0.25, -0.2) is 9.38 Å². The first-order valence-corrected chi connectivity index (χ1v) is 9.22. The van der Waals surface area contributed by atoms with Crippen molar-refractivity contribution >= 4 is 21.8 Å². The number of benzene rings is 2. The highest BCUT2D eigenvalue weighted by Crippen LogP contribution is 2.46. The van der Waals surface area contributed by atoms with Gasteiger partial charge in [0.05, 0.1) is 5.56 Å². The molecule has 1 atom stereocenters. The van der Waals surface area contributed by atoms with Crippen molar-refractivity contribution in [2.45, 2.75) is 12.5 Å². The summed E-state index contributed by atoms with van der Waals surface area (Å²) in [5.74, 6) is -0.262. The van der Waals surface area contributed by atoms with Crippen LogP contribution in [0.15, 0.2) is 69.0 Å². The summed E-state index contributed by atoms with van der Waals surface area (Å²) in [4.78, 5) is 17.0. The Hall–Kier alpha value is -2.73. The topological polar surface area (TPSA) is 60.4 Å². The monoisotopic (exact) mass is 425 g/mol. The Balaban J connectivity index is 2.15. The second-order valence-corrected chi connectivity index (χ2v) is 7.62. The summed E-state index contributed by atoms with van der Waals surface area (Å²) >= 11 is 3.51. The lowest BCUT2D eigenvalue weighted by Gasteiger charge is -2.30. The van der Waals surface area contributed by atoms with Crippen LogP contribution in [0, 0.1) is 12.7 Å². The molecule has 1 aromatic heterocycles. The Kier molecular flexibility index (Phi) is 4.03. The maximum atomic E-state index is 14.6. The number of amidine groups is 1. The van der Waals surface area contributed by atoms with E-state index in [1.807, 2.05) is 30.3 Å². The van der Waals surface area contributed by atoms with Crippen LogP contribution in [0.3, 0.4) is 0 Å². The van der Waals surface area contributed by atoms with Gasteiger partial charge in [0.25, 0.3) is 5.56 Å². The average Bonchev–Trinajstić information content (AvgIpc) is 2.94. The fraction of sp³-hybridized carbons (Fsp3) is 0.143. The molecule has 2 heterocycles. The van der Waals surface area contributed by atoms with Crippen LogP contribution in [0.1, 0.15) is 27.8 Å². The standard InChI is InChI=1S/C21H17BrFN3O/c1-12-9-14(11-26(2)20(12)27)21(13-5-3-6-15(22)10-13)16-7-4-8-17(23)18(16)19(24)25-21/h3-11H,1-2H3,(H2,24,25)/t21-/m0/s1. The third-order valence-electron chi connectivity index (χ3n) is 4.97. The minimum Gasteiger partial charge on any atom is -0.383 e. The van der Waals surface area contributed by atoms with Crippen molar-refractivity contribution in [2.75, 3.05) is 0 Å². The van der Waals surface area contributed by atoms with Gasteiger partial charge in [0.2, 0.25) is 0 Å². The molecule has 1 aliphatic heterocycles. The highest BCUT2D eigenvalue weighted by atomic mass is 79.9. The molecule has 27 heavy (non-hydrogen) atoms. The number of hydrogen-bond acceptors (Lipinski definition) is 3. The van der Waals surface area contributed by atoms with E-state index in [4.69, 9.17) is 10.7 Å². The minimum absolute atomic E-state index is 0.0856. The Morgan fingerprint density at radius 3 is 2.59 bits per heavy atom. The fourth-order valence-corrected chi connectivity index (χ4v) is 4.18. The normalized spacial score (nSPS) is 18.3. The number of aromatic nitrogens is 1. The Morgan fingerprint density at radius 1 is 1.15 bits per heavy atom. The van der Waals surface area contributed by atoms with Crippen LogP contribution in [0.4, 0.5) is 4.39 Å². The van der Waals surface area contributed by atoms with E-state index in [0.717, 1.165) is 15.6 Å². The number of pyridine rings is 1. The van der Waals surface area contributed by atoms with Crippen molar-refractivity contribution < 1.29 is 4.39 Å². The van der Waals surface area contributed by atoms with Gasteiger partial charge >= 0.3 is 0 Å². The van der Waals surface area contributed by atoms with Gasteiger partial charge in [0.1, 0.15) is 17.2 Å². The van der Waals surface area contributed by atoms with Crippen LogP contribution >= 0.6 is 15.9 Å². The SMILES string of the molecule is Cc1cc([C@]2(c3cccc(Br)c3)N=C(N)c3c(F)cccc32)cn(C)c1=O. The van der Waals surface area contributed by atoms with E-state index in [1.54, 1.807) is 32.3 Å². The molecule has 0 saturated carbocycles. The zero-order valence-electron chi connectivity index (χ0n) is 14.8. The fourth-order valence-electron chi connectivity index (χ4n) is 3.78. The zero-order valence-corrected chi connectivity index (χ0v) is 16.4. The number of rotatable bonds is 2. The van der Waals surface area contributed by atoms with Gasteiger partial charge in [-0.05, 0) is 36.8 Å². The molecule has 0 spiro atoms. The summed E-state index contributed by atoms with van der Waals surface area (Å²) in [6.07, 6.45) is 1.74. The summed E-state index contributed by atoms with van der Waals surface area (Å²) < 4.78 is 17.0. The maximum absolute atomic E-state index is 14.6. The molecular formula is C21H17BrFN3O. The first kappa shape index (κ1) is 17.7. The Labute approximate surface area is 164 Å². The van der Waals surface area contributed by atoms with Crippen molar-refractivity contribution in [1.82, 2.24) is 4.57 Å².